The van der Waals surface area contributed by atoms with Crippen LogP contribution in [0.2, 0.25) is 5.15 Å². The molecule has 1 aliphatic carbocycles. The molecule has 0 radical (unpaired) electrons. The monoisotopic (exact) mass is 264 g/mol. The van der Waals surface area contributed by atoms with Crippen LogP contribution >= 0.6 is 22.9 Å². The van der Waals surface area contributed by atoms with Crippen LogP contribution in [0.15, 0.2) is 29.8 Å². The minimum Gasteiger partial charge on any atom is -0.377 e. The Kier molecular flexibility index (Phi) is 3.04. The second kappa shape index (κ2) is 4.67. The van der Waals surface area contributed by atoms with E-state index in [-0.39, 0.29) is 0 Å². The summed E-state index contributed by atoms with van der Waals surface area (Å²) in [4.78, 5) is 5.62. The van der Waals surface area contributed by atoms with Gasteiger partial charge in [0.15, 0.2) is 0 Å². The first-order valence-corrected chi connectivity index (χ1v) is 7.03. The highest BCUT2D eigenvalue weighted by Gasteiger charge is 2.20. The molecule has 0 spiro atoms. The average Bonchev–Trinajstić information content (AvgIpc) is 2.81. The molecule has 0 fully saturated rings. The molecule has 0 bridgehead atoms. The van der Waals surface area contributed by atoms with Crippen molar-refractivity contribution in [2.75, 3.05) is 5.32 Å². The van der Waals surface area contributed by atoms with E-state index in [4.69, 9.17) is 11.6 Å². The normalized spacial score (nSPS) is 18.8. The molecule has 0 saturated heterocycles. The van der Waals surface area contributed by atoms with Gasteiger partial charge < -0.3 is 5.32 Å². The van der Waals surface area contributed by atoms with Crippen LogP contribution in [0.4, 0.5) is 5.69 Å². The van der Waals surface area contributed by atoms with E-state index >= 15 is 0 Å². The first-order chi connectivity index (χ1) is 8.33. The highest BCUT2D eigenvalue weighted by Crippen LogP contribution is 2.35. The van der Waals surface area contributed by atoms with Crippen molar-refractivity contribution >= 4 is 28.6 Å². The van der Waals surface area contributed by atoms with Crippen LogP contribution in [0.25, 0.3) is 0 Å². The number of hydrogen-bond donors (Lipinski definition) is 1. The minimum atomic E-state index is 0.424. The standard InChI is InChI=1S/C13H13ClN2S/c14-13-5-4-9(8-15-13)16-11-2-1-3-12-10(11)6-7-17-12/h4-8,11,16H,1-3H2. The van der Waals surface area contributed by atoms with Gasteiger partial charge in [0.05, 0.1) is 17.9 Å². The first kappa shape index (κ1) is 11.1. The van der Waals surface area contributed by atoms with E-state index in [1.807, 2.05) is 23.5 Å². The lowest BCUT2D eigenvalue weighted by Crippen LogP contribution is -2.15. The molecule has 0 saturated carbocycles. The molecule has 4 heteroatoms. The Hall–Kier alpha value is -1.06. The van der Waals surface area contributed by atoms with Gasteiger partial charge in [-0.3, -0.25) is 0 Å². The molecule has 17 heavy (non-hydrogen) atoms. The number of anilines is 1. The van der Waals surface area contributed by atoms with Crippen LogP contribution < -0.4 is 5.32 Å². The SMILES string of the molecule is Clc1ccc(NC2CCCc3sccc32)cn1. The Morgan fingerprint density at radius 3 is 3.12 bits per heavy atom. The lowest BCUT2D eigenvalue weighted by molar-refractivity contribution is 0.608. The Labute approximate surface area is 110 Å². The van der Waals surface area contributed by atoms with E-state index in [0.29, 0.717) is 11.2 Å². The minimum absolute atomic E-state index is 0.424. The van der Waals surface area contributed by atoms with Crippen molar-refractivity contribution in [3.63, 3.8) is 0 Å². The number of thiophene rings is 1. The summed E-state index contributed by atoms with van der Waals surface area (Å²) >= 11 is 7.65. The summed E-state index contributed by atoms with van der Waals surface area (Å²) in [6.45, 7) is 0. The number of fused-ring (bicyclic) bond motifs is 1. The summed E-state index contributed by atoms with van der Waals surface area (Å²) in [6.07, 6.45) is 5.46. The zero-order valence-corrected chi connectivity index (χ0v) is 10.9. The van der Waals surface area contributed by atoms with Crippen molar-refractivity contribution in [3.05, 3.63) is 45.4 Å². The summed E-state index contributed by atoms with van der Waals surface area (Å²) in [5.74, 6) is 0. The molecule has 1 atom stereocenters. The molecule has 1 N–H and O–H groups in total. The highest BCUT2D eigenvalue weighted by atomic mass is 35.5. The predicted octanol–water partition coefficient (Wildman–Crippen LogP) is 4.29. The fraction of sp³-hybridized carbons (Fsp3) is 0.308. The maximum atomic E-state index is 5.78. The number of nitrogens with zero attached hydrogens (tertiary/aromatic N) is 1. The average molecular weight is 265 g/mol. The number of pyridine rings is 1. The Morgan fingerprint density at radius 2 is 2.29 bits per heavy atom. The molecular formula is C13H13ClN2S. The molecule has 1 unspecified atom stereocenters. The number of nitrogens with one attached hydrogen (secondary N) is 1. The summed E-state index contributed by atoms with van der Waals surface area (Å²) in [5.41, 5.74) is 2.50. The largest absolute Gasteiger partial charge is 0.377 e. The smallest absolute Gasteiger partial charge is 0.129 e. The Morgan fingerprint density at radius 1 is 1.35 bits per heavy atom. The highest BCUT2D eigenvalue weighted by molar-refractivity contribution is 7.10. The maximum absolute atomic E-state index is 5.78. The van der Waals surface area contributed by atoms with Gasteiger partial charge in [0.25, 0.3) is 0 Å². The molecule has 0 amide bonds. The van der Waals surface area contributed by atoms with Crippen molar-refractivity contribution in [1.82, 2.24) is 4.98 Å². The molecule has 1 aliphatic rings. The van der Waals surface area contributed by atoms with Crippen LogP contribution in [0.5, 0.6) is 0 Å². The summed E-state index contributed by atoms with van der Waals surface area (Å²) in [6, 6.07) is 6.46. The number of halogens is 1. The molecular weight excluding hydrogens is 252 g/mol. The predicted molar refractivity (Wildman–Crippen MR) is 72.9 cm³/mol. The lowest BCUT2D eigenvalue weighted by atomic mass is 9.94. The van der Waals surface area contributed by atoms with Crippen LogP contribution in [0, 0.1) is 0 Å². The summed E-state index contributed by atoms with van der Waals surface area (Å²) in [5, 5.41) is 6.26. The molecule has 2 nitrogen and oxygen atoms in total. The van der Waals surface area contributed by atoms with E-state index in [1.54, 1.807) is 6.20 Å². The third-order valence-corrected chi connectivity index (χ3v) is 4.34. The van der Waals surface area contributed by atoms with Gasteiger partial charge in [-0.05, 0) is 48.4 Å². The lowest BCUT2D eigenvalue weighted by Gasteiger charge is -2.24. The van der Waals surface area contributed by atoms with E-state index in [9.17, 15) is 0 Å². The van der Waals surface area contributed by atoms with Gasteiger partial charge in [-0.15, -0.1) is 11.3 Å². The third-order valence-electron chi connectivity index (χ3n) is 3.12. The summed E-state index contributed by atoms with van der Waals surface area (Å²) < 4.78 is 0. The van der Waals surface area contributed by atoms with Crippen LogP contribution in [0.1, 0.15) is 29.3 Å². The molecule has 0 aliphatic heterocycles. The fourth-order valence-corrected chi connectivity index (χ4v) is 3.40. The molecule has 2 heterocycles. The fourth-order valence-electron chi connectivity index (χ4n) is 2.30. The van der Waals surface area contributed by atoms with Gasteiger partial charge in [-0.2, -0.15) is 0 Å². The van der Waals surface area contributed by atoms with E-state index < -0.39 is 0 Å². The van der Waals surface area contributed by atoms with Crippen LogP contribution in [0.3, 0.4) is 0 Å². The first-order valence-electron chi connectivity index (χ1n) is 5.77. The van der Waals surface area contributed by atoms with Crippen molar-refractivity contribution < 1.29 is 0 Å². The third kappa shape index (κ3) is 2.31. The Bertz CT molecular complexity index is 506. The van der Waals surface area contributed by atoms with E-state index in [0.717, 1.165) is 5.69 Å². The van der Waals surface area contributed by atoms with Gasteiger partial charge >= 0.3 is 0 Å². The quantitative estimate of drug-likeness (QED) is 0.819. The zero-order chi connectivity index (χ0) is 11.7. The number of aromatic nitrogens is 1. The summed E-state index contributed by atoms with van der Waals surface area (Å²) in [7, 11) is 0. The van der Waals surface area contributed by atoms with Crippen molar-refractivity contribution in [1.29, 1.82) is 0 Å². The van der Waals surface area contributed by atoms with Crippen LogP contribution in [-0.4, -0.2) is 4.98 Å². The molecule has 2 aromatic rings. The van der Waals surface area contributed by atoms with Crippen LogP contribution in [-0.2, 0) is 6.42 Å². The van der Waals surface area contributed by atoms with Crippen molar-refractivity contribution in [3.8, 4) is 0 Å². The van der Waals surface area contributed by atoms with E-state index in [2.05, 4.69) is 21.7 Å². The molecule has 88 valence electrons. The molecule has 2 aromatic heterocycles. The Balaban J connectivity index is 1.81. The van der Waals surface area contributed by atoms with Gasteiger partial charge in [-0.25, -0.2) is 4.98 Å². The topological polar surface area (TPSA) is 24.9 Å². The van der Waals surface area contributed by atoms with E-state index in [1.165, 1.54) is 29.7 Å². The van der Waals surface area contributed by atoms with Crippen molar-refractivity contribution in [2.24, 2.45) is 0 Å². The molecule has 0 aromatic carbocycles. The van der Waals surface area contributed by atoms with Gasteiger partial charge in [0, 0.05) is 4.88 Å². The number of aryl methyl sites for hydroxylation is 1. The molecule has 3 rings (SSSR count). The maximum Gasteiger partial charge on any atom is 0.129 e. The van der Waals surface area contributed by atoms with Gasteiger partial charge in [0.1, 0.15) is 5.15 Å². The number of rotatable bonds is 2. The van der Waals surface area contributed by atoms with Gasteiger partial charge in [0.2, 0.25) is 0 Å². The van der Waals surface area contributed by atoms with Gasteiger partial charge in [-0.1, -0.05) is 11.6 Å². The van der Waals surface area contributed by atoms with Crippen molar-refractivity contribution in [2.45, 2.75) is 25.3 Å². The second-order valence-electron chi connectivity index (χ2n) is 4.26. The number of hydrogen-bond acceptors (Lipinski definition) is 3. The zero-order valence-electron chi connectivity index (χ0n) is 9.32. The second-order valence-corrected chi connectivity index (χ2v) is 5.65.